The Morgan fingerprint density at radius 2 is 1.40 bits per heavy atom. The van der Waals surface area contributed by atoms with Crippen LogP contribution >= 0.6 is 0 Å². The lowest BCUT2D eigenvalue weighted by atomic mass is 10.1. The van der Waals surface area contributed by atoms with E-state index in [1.807, 2.05) is 38.1 Å². The highest BCUT2D eigenvalue weighted by atomic mass is 19.4. The van der Waals surface area contributed by atoms with Gasteiger partial charge in [0.2, 0.25) is 0 Å². The van der Waals surface area contributed by atoms with Gasteiger partial charge in [0.25, 0.3) is 5.91 Å². The lowest BCUT2D eigenvalue weighted by Gasteiger charge is -2.38. The van der Waals surface area contributed by atoms with E-state index < -0.39 is 17.8 Å². The number of nitrogens with zero attached hydrogens (tertiary/aromatic N) is 2. The summed E-state index contributed by atoms with van der Waals surface area (Å²) in [5.74, 6) is 0.530. The maximum absolute atomic E-state index is 13.1. The minimum atomic E-state index is -4.46. The van der Waals surface area contributed by atoms with Crippen LogP contribution in [0.2, 0.25) is 0 Å². The number of para-hydroxylation sites is 2. The number of carbonyl (C=O) groups is 2. The Morgan fingerprint density at radius 1 is 0.825 bits per heavy atom. The Morgan fingerprint density at radius 3 is 2.00 bits per heavy atom. The van der Waals surface area contributed by atoms with E-state index in [2.05, 4.69) is 25.8 Å². The number of amides is 3. The standard InChI is InChI=1S/C29H32F3N5O3/c1-19(2)33-27(38)23-18-22(35-28(39)34-21-10-8-20(9-11-21)29(30,31)32)12-13-24(23)36-14-16-37(17-15-36)25-6-4-5-7-26(25)40-3/h4-13,18-19H,14-17H2,1-3H3,(H,33,38)(H2,34,35,39). The second-order valence-corrected chi connectivity index (χ2v) is 9.66. The van der Waals surface area contributed by atoms with Crippen molar-refractivity contribution in [2.75, 3.05) is 53.7 Å². The van der Waals surface area contributed by atoms with Crippen molar-refractivity contribution in [1.29, 1.82) is 0 Å². The Balaban J connectivity index is 1.48. The van der Waals surface area contributed by atoms with Gasteiger partial charge in [0.05, 0.1) is 23.9 Å². The van der Waals surface area contributed by atoms with Crippen LogP contribution in [-0.2, 0) is 6.18 Å². The molecular weight excluding hydrogens is 523 g/mol. The van der Waals surface area contributed by atoms with E-state index in [4.69, 9.17) is 4.74 Å². The fourth-order valence-corrected chi connectivity index (χ4v) is 4.53. The molecule has 1 heterocycles. The van der Waals surface area contributed by atoms with E-state index in [1.165, 1.54) is 12.1 Å². The molecule has 0 aromatic heterocycles. The number of piperazine rings is 1. The molecule has 3 N–H and O–H groups in total. The smallest absolute Gasteiger partial charge is 0.416 e. The maximum Gasteiger partial charge on any atom is 0.416 e. The van der Waals surface area contributed by atoms with Crippen molar-refractivity contribution in [2.45, 2.75) is 26.1 Å². The molecule has 0 spiro atoms. The number of urea groups is 1. The molecule has 3 amide bonds. The summed E-state index contributed by atoms with van der Waals surface area (Å²) in [5, 5.41) is 8.09. The van der Waals surface area contributed by atoms with Gasteiger partial charge in [0.15, 0.2) is 0 Å². The Bertz CT molecular complexity index is 1340. The summed E-state index contributed by atoms with van der Waals surface area (Å²) < 4.78 is 43.9. The zero-order valence-electron chi connectivity index (χ0n) is 22.5. The van der Waals surface area contributed by atoms with Crippen molar-refractivity contribution < 1.29 is 27.5 Å². The summed E-state index contributed by atoms with van der Waals surface area (Å²) in [7, 11) is 1.65. The molecule has 1 aliphatic rings. The van der Waals surface area contributed by atoms with Gasteiger partial charge in [-0.1, -0.05) is 12.1 Å². The molecule has 1 fully saturated rings. The van der Waals surface area contributed by atoms with Crippen LogP contribution in [0, 0.1) is 0 Å². The monoisotopic (exact) mass is 555 g/mol. The van der Waals surface area contributed by atoms with Crippen LogP contribution in [0.5, 0.6) is 5.75 Å². The minimum absolute atomic E-state index is 0.0951. The summed E-state index contributed by atoms with van der Waals surface area (Å²) in [6.45, 7) is 6.51. The number of rotatable bonds is 7. The zero-order valence-corrected chi connectivity index (χ0v) is 22.5. The van der Waals surface area contributed by atoms with Gasteiger partial charge in [-0.15, -0.1) is 0 Å². The Hall–Kier alpha value is -4.41. The molecule has 212 valence electrons. The normalized spacial score (nSPS) is 13.7. The van der Waals surface area contributed by atoms with Crippen LogP contribution in [0.15, 0.2) is 66.7 Å². The number of nitrogens with one attached hydrogen (secondary N) is 3. The van der Waals surface area contributed by atoms with Gasteiger partial charge in [-0.2, -0.15) is 13.2 Å². The molecule has 4 rings (SSSR count). The summed E-state index contributed by atoms with van der Waals surface area (Å²) in [6.07, 6.45) is -4.46. The van der Waals surface area contributed by atoms with Crippen LogP contribution in [0.1, 0.15) is 29.8 Å². The first-order valence-electron chi connectivity index (χ1n) is 12.9. The number of ether oxygens (including phenoxy) is 1. The molecule has 1 saturated heterocycles. The molecule has 0 aliphatic carbocycles. The van der Waals surface area contributed by atoms with Crippen LogP contribution < -0.4 is 30.5 Å². The quantitative estimate of drug-likeness (QED) is 0.342. The van der Waals surface area contributed by atoms with Crippen molar-refractivity contribution in [3.8, 4) is 5.75 Å². The number of hydrogen-bond donors (Lipinski definition) is 3. The second kappa shape index (κ2) is 12.2. The van der Waals surface area contributed by atoms with Crippen LogP contribution in [-0.4, -0.2) is 51.3 Å². The molecule has 3 aromatic carbocycles. The second-order valence-electron chi connectivity index (χ2n) is 9.66. The fourth-order valence-electron chi connectivity index (χ4n) is 4.53. The number of benzene rings is 3. The van der Waals surface area contributed by atoms with Gasteiger partial charge in [0.1, 0.15) is 5.75 Å². The molecule has 0 saturated carbocycles. The summed E-state index contributed by atoms with van der Waals surface area (Å²) >= 11 is 0. The van der Waals surface area contributed by atoms with Crippen molar-refractivity contribution in [2.24, 2.45) is 0 Å². The molecule has 0 radical (unpaired) electrons. The number of hydrogen-bond acceptors (Lipinski definition) is 5. The summed E-state index contributed by atoms with van der Waals surface area (Å²) in [6, 6.07) is 16.3. The minimum Gasteiger partial charge on any atom is -0.495 e. The number of halogens is 3. The molecule has 0 atom stereocenters. The average molecular weight is 556 g/mol. The van der Waals surface area contributed by atoms with Crippen LogP contribution in [0.4, 0.5) is 40.7 Å². The Labute approximate surface area is 231 Å². The van der Waals surface area contributed by atoms with Crippen LogP contribution in [0.3, 0.4) is 0 Å². The summed E-state index contributed by atoms with van der Waals surface area (Å²) in [4.78, 5) is 30.1. The van der Waals surface area contributed by atoms with E-state index >= 15 is 0 Å². The lowest BCUT2D eigenvalue weighted by molar-refractivity contribution is -0.137. The maximum atomic E-state index is 13.1. The van der Waals surface area contributed by atoms with E-state index in [1.54, 1.807) is 25.3 Å². The van der Waals surface area contributed by atoms with E-state index in [9.17, 15) is 22.8 Å². The third-order valence-corrected chi connectivity index (χ3v) is 6.44. The molecule has 8 nitrogen and oxygen atoms in total. The third-order valence-electron chi connectivity index (χ3n) is 6.44. The van der Waals surface area contributed by atoms with Crippen molar-refractivity contribution in [1.82, 2.24) is 5.32 Å². The van der Waals surface area contributed by atoms with Gasteiger partial charge in [-0.25, -0.2) is 4.79 Å². The van der Waals surface area contributed by atoms with E-state index in [0.29, 0.717) is 24.3 Å². The van der Waals surface area contributed by atoms with Gasteiger partial charge < -0.3 is 30.5 Å². The van der Waals surface area contributed by atoms with Crippen molar-refractivity contribution in [3.63, 3.8) is 0 Å². The molecule has 0 bridgehead atoms. The van der Waals surface area contributed by atoms with E-state index in [-0.39, 0.29) is 17.6 Å². The SMILES string of the molecule is COc1ccccc1N1CCN(c2ccc(NC(=O)Nc3ccc(C(F)(F)F)cc3)cc2C(=O)NC(C)C)CC1. The largest absolute Gasteiger partial charge is 0.495 e. The number of anilines is 4. The van der Waals surface area contributed by atoms with Gasteiger partial charge in [-0.3, -0.25) is 4.79 Å². The molecule has 0 unspecified atom stereocenters. The number of alkyl halides is 3. The fraction of sp³-hybridized carbons (Fsp3) is 0.310. The molecule has 40 heavy (non-hydrogen) atoms. The first kappa shape index (κ1) is 28.6. The molecule has 1 aliphatic heterocycles. The number of methoxy groups -OCH3 is 1. The molecule has 11 heteroatoms. The van der Waals surface area contributed by atoms with Gasteiger partial charge >= 0.3 is 12.2 Å². The van der Waals surface area contributed by atoms with E-state index in [0.717, 1.165) is 42.3 Å². The van der Waals surface area contributed by atoms with Crippen molar-refractivity contribution in [3.05, 3.63) is 77.9 Å². The highest BCUT2D eigenvalue weighted by molar-refractivity contribution is 6.04. The van der Waals surface area contributed by atoms with Crippen LogP contribution in [0.25, 0.3) is 0 Å². The highest BCUT2D eigenvalue weighted by Gasteiger charge is 2.30. The first-order chi connectivity index (χ1) is 19.0. The van der Waals surface area contributed by atoms with Gasteiger partial charge in [-0.05, 0) is 68.4 Å². The molecule has 3 aromatic rings. The third kappa shape index (κ3) is 6.96. The van der Waals surface area contributed by atoms with Crippen molar-refractivity contribution >= 4 is 34.7 Å². The predicted octanol–water partition coefficient (Wildman–Crippen LogP) is 5.82. The number of carbonyl (C=O) groups excluding carboxylic acids is 2. The van der Waals surface area contributed by atoms with Gasteiger partial charge in [0, 0.05) is 49.3 Å². The lowest BCUT2D eigenvalue weighted by Crippen LogP contribution is -2.47. The predicted molar refractivity (Wildman–Crippen MR) is 151 cm³/mol. The summed E-state index contributed by atoms with van der Waals surface area (Å²) in [5.41, 5.74) is 1.93. The average Bonchev–Trinajstić information content (AvgIpc) is 2.92. The molecular formula is C29H32F3N5O3. The topological polar surface area (TPSA) is 85.9 Å². The first-order valence-corrected chi connectivity index (χ1v) is 12.9. The highest BCUT2D eigenvalue weighted by Crippen LogP contribution is 2.32. The Kier molecular flexibility index (Phi) is 8.71. The zero-order chi connectivity index (χ0) is 28.9.